The van der Waals surface area contributed by atoms with Gasteiger partial charge in [-0.1, -0.05) is 0 Å². The summed E-state index contributed by atoms with van der Waals surface area (Å²) < 4.78 is 2.20. The molecule has 1 aliphatic heterocycles. The Balaban J connectivity index is 1.63. The molecule has 0 aliphatic carbocycles. The molecular formula is C12H17N3S2. The average Bonchev–Trinajstić information content (AvgIpc) is 2.98. The van der Waals surface area contributed by atoms with Crippen LogP contribution in [0.15, 0.2) is 11.6 Å². The molecule has 1 N–H and O–H groups in total. The van der Waals surface area contributed by atoms with E-state index in [2.05, 4.69) is 45.0 Å². The maximum absolute atomic E-state index is 4.56. The molecular weight excluding hydrogens is 250 g/mol. The molecule has 1 saturated heterocycles. The lowest BCUT2D eigenvalue weighted by Crippen LogP contribution is -2.23. The van der Waals surface area contributed by atoms with Gasteiger partial charge in [-0.3, -0.25) is 4.40 Å². The van der Waals surface area contributed by atoms with Crippen molar-refractivity contribution in [3.8, 4) is 0 Å². The highest BCUT2D eigenvalue weighted by molar-refractivity contribution is 7.99. The van der Waals surface area contributed by atoms with E-state index in [1.165, 1.54) is 23.6 Å². The third kappa shape index (κ3) is 2.37. The van der Waals surface area contributed by atoms with Gasteiger partial charge in [-0.2, -0.15) is 11.8 Å². The van der Waals surface area contributed by atoms with E-state index in [1.807, 2.05) is 0 Å². The van der Waals surface area contributed by atoms with Crippen LogP contribution in [0.4, 0.5) is 0 Å². The number of hydrogen-bond donors (Lipinski definition) is 1. The summed E-state index contributed by atoms with van der Waals surface area (Å²) in [4.78, 5) is 5.67. The fourth-order valence-corrected chi connectivity index (χ4v) is 4.36. The lowest BCUT2D eigenvalue weighted by molar-refractivity contribution is 0.519. The maximum atomic E-state index is 4.56. The minimum absolute atomic E-state index is 0.867. The standard InChI is InChI=1S/C12H17N3S2/c1-9-11(15-3-5-17-12(15)14-9)7-13-6-10-2-4-16-8-10/h3,5,10,13H,2,4,6-8H2,1H3. The van der Waals surface area contributed by atoms with Crippen LogP contribution in [0.2, 0.25) is 0 Å². The Labute approximate surface area is 110 Å². The predicted molar refractivity (Wildman–Crippen MR) is 74.9 cm³/mol. The van der Waals surface area contributed by atoms with Gasteiger partial charge in [-0.05, 0) is 37.3 Å². The molecule has 0 amide bonds. The van der Waals surface area contributed by atoms with Crippen LogP contribution in [-0.4, -0.2) is 27.4 Å². The summed E-state index contributed by atoms with van der Waals surface area (Å²) in [6.45, 7) is 4.18. The smallest absolute Gasteiger partial charge is 0.194 e. The van der Waals surface area contributed by atoms with Gasteiger partial charge < -0.3 is 5.32 Å². The Hall–Kier alpha value is -0.520. The molecule has 92 valence electrons. The number of aryl methyl sites for hydroxylation is 1. The van der Waals surface area contributed by atoms with Crippen LogP contribution < -0.4 is 5.32 Å². The highest BCUT2D eigenvalue weighted by Crippen LogP contribution is 2.22. The van der Waals surface area contributed by atoms with Gasteiger partial charge >= 0.3 is 0 Å². The van der Waals surface area contributed by atoms with Crippen molar-refractivity contribution in [1.82, 2.24) is 14.7 Å². The van der Waals surface area contributed by atoms with E-state index in [1.54, 1.807) is 11.3 Å². The fraction of sp³-hybridized carbons (Fsp3) is 0.583. The monoisotopic (exact) mass is 267 g/mol. The first-order valence-electron chi connectivity index (χ1n) is 6.04. The second kappa shape index (κ2) is 5.00. The number of hydrogen-bond acceptors (Lipinski definition) is 4. The molecule has 2 aromatic rings. The molecule has 3 heterocycles. The van der Waals surface area contributed by atoms with Gasteiger partial charge in [0.15, 0.2) is 4.96 Å². The topological polar surface area (TPSA) is 29.3 Å². The Morgan fingerprint density at radius 1 is 1.59 bits per heavy atom. The molecule has 1 unspecified atom stereocenters. The summed E-state index contributed by atoms with van der Waals surface area (Å²) >= 11 is 3.78. The van der Waals surface area contributed by atoms with Crippen LogP contribution in [0, 0.1) is 12.8 Å². The van der Waals surface area contributed by atoms with Crippen molar-refractivity contribution in [1.29, 1.82) is 0 Å². The Bertz CT molecular complexity index is 497. The zero-order chi connectivity index (χ0) is 11.7. The van der Waals surface area contributed by atoms with E-state index >= 15 is 0 Å². The summed E-state index contributed by atoms with van der Waals surface area (Å²) in [7, 11) is 0. The van der Waals surface area contributed by atoms with Crippen molar-refractivity contribution in [3.63, 3.8) is 0 Å². The van der Waals surface area contributed by atoms with Crippen molar-refractivity contribution in [2.45, 2.75) is 19.9 Å². The van der Waals surface area contributed by atoms with E-state index in [0.717, 1.165) is 29.7 Å². The number of imidazole rings is 1. The van der Waals surface area contributed by atoms with Crippen LogP contribution in [-0.2, 0) is 6.54 Å². The molecule has 0 spiro atoms. The van der Waals surface area contributed by atoms with E-state index < -0.39 is 0 Å². The van der Waals surface area contributed by atoms with Gasteiger partial charge in [0.25, 0.3) is 0 Å². The molecule has 0 radical (unpaired) electrons. The van der Waals surface area contributed by atoms with E-state index in [-0.39, 0.29) is 0 Å². The highest BCUT2D eigenvalue weighted by Gasteiger charge is 2.15. The molecule has 3 rings (SSSR count). The number of fused-ring (bicyclic) bond motifs is 1. The van der Waals surface area contributed by atoms with Crippen molar-refractivity contribution in [2.75, 3.05) is 18.1 Å². The number of thiazole rings is 1. The number of aromatic nitrogens is 2. The van der Waals surface area contributed by atoms with E-state index in [4.69, 9.17) is 0 Å². The fourth-order valence-electron chi connectivity index (χ4n) is 2.29. The van der Waals surface area contributed by atoms with Crippen LogP contribution in [0.3, 0.4) is 0 Å². The predicted octanol–water partition coefficient (Wildman–Crippen LogP) is 2.55. The summed E-state index contributed by atoms with van der Waals surface area (Å²) in [6.07, 6.45) is 3.49. The van der Waals surface area contributed by atoms with Gasteiger partial charge in [0.05, 0.1) is 11.4 Å². The Morgan fingerprint density at radius 2 is 2.53 bits per heavy atom. The molecule has 1 atom stereocenters. The van der Waals surface area contributed by atoms with Crippen LogP contribution in [0.1, 0.15) is 17.8 Å². The Morgan fingerprint density at radius 3 is 3.35 bits per heavy atom. The van der Waals surface area contributed by atoms with Crippen molar-refractivity contribution in [3.05, 3.63) is 23.0 Å². The van der Waals surface area contributed by atoms with Gasteiger partial charge in [-0.25, -0.2) is 4.98 Å². The van der Waals surface area contributed by atoms with Crippen molar-refractivity contribution in [2.24, 2.45) is 5.92 Å². The highest BCUT2D eigenvalue weighted by atomic mass is 32.2. The second-order valence-corrected chi connectivity index (χ2v) is 6.58. The third-order valence-electron chi connectivity index (χ3n) is 3.31. The second-order valence-electron chi connectivity index (χ2n) is 4.56. The molecule has 2 aromatic heterocycles. The molecule has 5 heteroatoms. The largest absolute Gasteiger partial charge is 0.311 e. The van der Waals surface area contributed by atoms with Crippen LogP contribution in [0.5, 0.6) is 0 Å². The number of nitrogens with one attached hydrogen (secondary N) is 1. The van der Waals surface area contributed by atoms with Crippen LogP contribution in [0.25, 0.3) is 4.96 Å². The molecule has 0 bridgehead atoms. The first-order chi connectivity index (χ1) is 8.34. The number of nitrogens with zero attached hydrogens (tertiary/aromatic N) is 2. The van der Waals surface area contributed by atoms with Gasteiger partial charge in [0.2, 0.25) is 0 Å². The lowest BCUT2D eigenvalue weighted by Gasteiger charge is -2.09. The normalized spacial score (nSPS) is 20.4. The molecule has 3 nitrogen and oxygen atoms in total. The molecule has 1 fully saturated rings. The van der Waals surface area contributed by atoms with E-state index in [0.29, 0.717) is 0 Å². The summed E-state index contributed by atoms with van der Waals surface area (Å²) in [6, 6.07) is 0. The SMILES string of the molecule is Cc1nc2sccn2c1CNCC1CCSC1. The zero-order valence-corrected chi connectivity index (χ0v) is 11.6. The molecule has 1 aliphatic rings. The van der Waals surface area contributed by atoms with Crippen molar-refractivity contribution < 1.29 is 0 Å². The van der Waals surface area contributed by atoms with Crippen LogP contribution >= 0.6 is 23.1 Å². The zero-order valence-electron chi connectivity index (χ0n) is 9.98. The van der Waals surface area contributed by atoms with Crippen molar-refractivity contribution >= 4 is 28.1 Å². The quantitative estimate of drug-likeness (QED) is 0.923. The van der Waals surface area contributed by atoms with Gasteiger partial charge in [0.1, 0.15) is 0 Å². The number of rotatable bonds is 4. The summed E-state index contributed by atoms with van der Waals surface area (Å²) in [5.41, 5.74) is 2.47. The maximum Gasteiger partial charge on any atom is 0.194 e. The minimum atomic E-state index is 0.867. The Kier molecular flexibility index (Phi) is 3.40. The first-order valence-corrected chi connectivity index (χ1v) is 8.07. The summed E-state index contributed by atoms with van der Waals surface area (Å²) in [5, 5.41) is 5.68. The summed E-state index contributed by atoms with van der Waals surface area (Å²) in [5.74, 6) is 3.53. The lowest BCUT2D eigenvalue weighted by atomic mass is 10.1. The van der Waals surface area contributed by atoms with E-state index in [9.17, 15) is 0 Å². The molecule has 0 saturated carbocycles. The van der Waals surface area contributed by atoms with Gasteiger partial charge in [-0.15, -0.1) is 11.3 Å². The molecule has 17 heavy (non-hydrogen) atoms. The van der Waals surface area contributed by atoms with Gasteiger partial charge in [0, 0.05) is 18.1 Å². The number of thioether (sulfide) groups is 1. The third-order valence-corrected chi connectivity index (χ3v) is 5.30. The first kappa shape index (κ1) is 11.6. The molecule has 0 aromatic carbocycles. The minimum Gasteiger partial charge on any atom is -0.311 e. The average molecular weight is 267 g/mol.